The van der Waals surface area contributed by atoms with Crippen LogP contribution in [0.15, 0.2) is 60.7 Å². The number of hydrogen-bond acceptors (Lipinski definition) is 3. The molecule has 4 rings (SSSR count). The number of benzene rings is 2. The maximum Gasteiger partial charge on any atom is 0.0626 e. The van der Waals surface area contributed by atoms with Crippen LogP contribution in [0.25, 0.3) is 0 Å². The fraction of sp³-hybridized carbons (Fsp3) is 0.400. The number of hydrogen-bond donors (Lipinski definition) is 2. The maximum atomic E-state index is 9.92. The van der Waals surface area contributed by atoms with Crippen molar-refractivity contribution in [3.8, 4) is 0 Å². The zero-order chi connectivity index (χ0) is 15.7. The monoisotopic (exact) mass is 308 g/mol. The number of nitrogens with one attached hydrogen (secondary N) is 1. The number of piperazine rings is 1. The van der Waals surface area contributed by atoms with Crippen LogP contribution in [0.1, 0.15) is 30.0 Å². The van der Waals surface area contributed by atoms with E-state index in [1.807, 2.05) is 0 Å². The number of rotatable bonds is 4. The second kappa shape index (κ2) is 6.08. The van der Waals surface area contributed by atoms with E-state index in [-0.39, 0.29) is 18.2 Å². The van der Waals surface area contributed by atoms with Crippen molar-refractivity contribution in [3.05, 3.63) is 71.8 Å². The van der Waals surface area contributed by atoms with Gasteiger partial charge >= 0.3 is 0 Å². The van der Waals surface area contributed by atoms with Crippen molar-refractivity contribution in [2.24, 2.45) is 0 Å². The van der Waals surface area contributed by atoms with E-state index >= 15 is 0 Å². The maximum absolute atomic E-state index is 9.92. The molecule has 2 saturated heterocycles. The lowest BCUT2D eigenvalue weighted by molar-refractivity contribution is 0.0692. The van der Waals surface area contributed by atoms with Gasteiger partial charge in [0.2, 0.25) is 0 Å². The highest BCUT2D eigenvalue weighted by atomic mass is 16.3. The Hall–Kier alpha value is -1.68. The first-order valence-corrected chi connectivity index (χ1v) is 8.52. The van der Waals surface area contributed by atoms with Gasteiger partial charge in [-0.2, -0.15) is 0 Å². The Kier molecular flexibility index (Phi) is 3.93. The quantitative estimate of drug-likeness (QED) is 0.911. The van der Waals surface area contributed by atoms with Crippen molar-refractivity contribution < 1.29 is 5.11 Å². The van der Waals surface area contributed by atoms with E-state index in [1.54, 1.807) is 0 Å². The number of aliphatic hydroxyl groups excluding tert-OH is 1. The van der Waals surface area contributed by atoms with Gasteiger partial charge in [0.05, 0.1) is 18.2 Å². The summed E-state index contributed by atoms with van der Waals surface area (Å²) in [5.41, 5.74) is 2.53. The van der Waals surface area contributed by atoms with E-state index in [2.05, 4.69) is 70.9 Å². The fourth-order valence-corrected chi connectivity index (χ4v) is 4.28. The van der Waals surface area contributed by atoms with Crippen LogP contribution < -0.4 is 5.32 Å². The molecule has 2 atom stereocenters. The van der Waals surface area contributed by atoms with E-state index in [1.165, 1.54) is 11.1 Å². The zero-order valence-electron chi connectivity index (χ0n) is 13.4. The van der Waals surface area contributed by atoms with Gasteiger partial charge in [-0.25, -0.2) is 0 Å². The Labute approximate surface area is 138 Å². The second-order valence-corrected chi connectivity index (χ2v) is 6.97. The van der Waals surface area contributed by atoms with Gasteiger partial charge < -0.3 is 10.4 Å². The molecule has 2 aliphatic rings. The predicted molar refractivity (Wildman–Crippen MR) is 92.3 cm³/mol. The molecule has 0 amide bonds. The Balaban J connectivity index is 1.71. The largest absolute Gasteiger partial charge is 0.394 e. The molecule has 0 spiro atoms. The van der Waals surface area contributed by atoms with Crippen LogP contribution in [0.2, 0.25) is 0 Å². The molecule has 0 radical (unpaired) electrons. The third kappa shape index (κ3) is 2.80. The van der Waals surface area contributed by atoms with Crippen molar-refractivity contribution in [2.45, 2.75) is 30.5 Å². The number of fused-ring (bicyclic) bond motifs is 2. The van der Waals surface area contributed by atoms with Crippen molar-refractivity contribution in [1.29, 1.82) is 0 Å². The molecule has 2 aromatic rings. The summed E-state index contributed by atoms with van der Waals surface area (Å²) in [6.07, 6.45) is 2.23. The van der Waals surface area contributed by atoms with Crippen LogP contribution in [0, 0.1) is 0 Å². The van der Waals surface area contributed by atoms with Gasteiger partial charge in [-0.3, -0.25) is 4.90 Å². The minimum absolute atomic E-state index is 0.120. The SMILES string of the molecule is OCC12CCC(CN(C(c3ccccc3)c3ccccc3)C1)N2. The van der Waals surface area contributed by atoms with Gasteiger partial charge in [-0.05, 0) is 24.0 Å². The summed E-state index contributed by atoms with van der Waals surface area (Å²) in [4.78, 5) is 2.55. The van der Waals surface area contributed by atoms with Gasteiger partial charge in [0.1, 0.15) is 0 Å². The summed E-state index contributed by atoms with van der Waals surface area (Å²) < 4.78 is 0. The highest BCUT2D eigenvalue weighted by molar-refractivity contribution is 5.32. The first-order chi connectivity index (χ1) is 11.3. The Morgan fingerprint density at radius 2 is 1.65 bits per heavy atom. The summed E-state index contributed by atoms with van der Waals surface area (Å²) in [6.45, 7) is 2.15. The number of likely N-dealkylation sites (tertiary alicyclic amines) is 1. The fourth-order valence-electron chi connectivity index (χ4n) is 4.28. The molecular weight excluding hydrogens is 284 g/mol. The summed E-state index contributed by atoms with van der Waals surface area (Å²) in [5.74, 6) is 0. The molecule has 120 valence electrons. The van der Waals surface area contributed by atoms with Crippen LogP contribution in [0.4, 0.5) is 0 Å². The molecule has 2 bridgehead atoms. The molecule has 2 fully saturated rings. The van der Waals surface area contributed by atoms with Crippen LogP contribution in [0.3, 0.4) is 0 Å². The minimum atomic E-state index is -0.120. The van der Waals surface area contributed by atoms with Crippen LogP contribution in [-0.2, 0) is 0 Å². The van der Waals surface area contributed by atoms with E-state index < -0.39 is 0 Å². The van der Waals surface area contributed by atoms with E-state index in [0.717, 1.165) is 25.9 Å². The average Bonchev–Trinajstić information content (AvgIpc) is 2.92. The number of nitrogens with zero attached hydrogens (tertiary/aromatic N) is 1. The van der Waals surface area contributed by atoms with E-state index in [0.29, 0.717) is 6.04 Å². The van der Waals surface area contributed by atoms with Gasteiger partial charge in [0, 0.05) is 19.1 Å². The summed E-state index contributed by atoms with van der Waals surface area (Å²) in [7, 11) is 0. The topological polar surface area (TPSA) is 35.5 Å². The Bertz CT molecular complexity index is 606. The predicted octanol–water partition coefficient (Wildman–Crippen LogP) is 2.57. The summed E-state index contributed by atoms with van der Waals surface area (Å²) in [5, 5.41) is 13.6. The van der Waals surface area contributed by atoms with Crippen molar-refractivity contribution in [1.82, 2.24) is 10.2 Å². The molecule has 0 saturated carbocycles. The highest BCUT2D eigenvalue weighted by Crippen LogP contribution is 2.36. The second-order valence-electron chi connectivity index (χ2n) is 6.97. The first-order valence-electron chi connectivity index (χ1n) is 8.52. The molecule has 2 aliphatic heterocycles. The lowest BCUT2D eigenvalue weighted by Crippen LogP contribution is -2.61. The molecule has 0 aromatic heterocycles. The molecule has 2 N–H and O–H groups in total. The zero-order valence-corrected chi connectivity index (χ0v) is 13.4. The first kappa shape index (κ1) is 14.9. The van der Waals surface area contributed by atoms with Crippen LogP contribution in [0.5, 0.6) is 0 Å². The molecule has 2 aromatic carbocycles. The smallest absolute Gasteiger partial charge is 0.0626 e. The molecule has 3 heteroatoms. The lowest BCUT2D eigenvalue weighted by atomic mass is 9.92. The molecule has 0 aliphatic carbocycles. The lowest BCUT2D eigenvalue weighted by Gasteiger charge is -2.44. The van der Waals surface area contributed by atoms with Crippen molar-refractivity contribution in [3.63, 3.8) is 0 Å². The third-order valence-electron chi connectivity index (χ3n) is 5.34. The normalized spacial score (nSPS) is 27.5. The minimum Gasteiger partial charge on any atom is -0.394 e. The molecule has 23 heavy (non-hydrogen) atoms. The Morgan fingerprint density at radius 1 is 1.04 bits per heavy atom. The van der Waals surface area contributed by atoms with Gasteiger partial charge in [-0.15, -0.1) is 0 Å². The van der Waals surface area contributed by atoms with Crippen LogP contribution >= 0.6 is 0 Å². The van der Waals surface area contributed by atoms with Crippen LogP contribution in [-0.4, -0.2) is 41.3 Å². The standard InChI is InChI=1S/C20H24N2O/c23-15-20-12-11-18(21-20)13-22(14-20)19(16-7-3-1-4-8-16)17-9-5-2-6-10-17/h1-10,18-19,21,23H,11-15H2. The van der Waals surface area contributed by atoms with E-state index in [4.69, 9.17) is 0 Å². The summed E-state index contributed by atoms with van der Waals surface area (Å²) >= 11 is 0. The molecular formula is C20H24N2O. The average molecular weight is 308 g/mol. The van der Waals surface area contributed by atoms with E-state index in [9.17, 15) is 5.11 Å². The van der Waals surface area contributed by atoms with Gasteiger partial charge in [0.15, 0.2) is 0 Å². The molecule has 2 heterocycles. The molecule has 3 nitrogen and oxygen atoms in total. The third-order valence-corrected chi connectivity index (χ3v) is 5.34. The Morgan fingerprint density at radius 3 is 2.22 bits per heavy atom. The van der Waals surface area contributed by atoms with Crippen molar-refractivity contribution >= 4 is 0 Å². The highest BCUT2D eigenvalue weighted by Gasteiger charge is 2.45. The van der Waals surface area contributed by atoms with Crippen molar-refractivity contribution in [2.75, 3.05) is 19.7 Å². The molecule has 2 unspecified atom stereocenters. The number of aliphatic hydroxyl groups is 1. The summed E-state index contributed by atoms with van der Waals surface area (Å²) in [6, 6.07) is 22.2. The van der Waals surface area contributed by atoms with Gasteiger partial charge in [-0.1, -0.05) is 60.7 Å². The van der Waals surface area contributed by atoms with Gasteiger partial charge in [0.25, 0.3) is 0 Å².